The lowest BCUT2D eigenvalue weighted by atomic mass is 10.2. The van der Waals surface area contributed by atoms with Crippen LogP contribution in [0.15, 0.2) is 42.6 Å². The molecule has 1 amide bonds. The Labute approximate surface area is 118 Å². The van der Waals surface area contributed by atoms with Gasteiger partial charge in [0.1, 0.15) is 11.4 Å². The summed E-state index contributed by atoms with van der Waals surface area (Å²) in [5, 5.41) is 11.8. The normalized spacial score (nSPS) is 11.2. The van der Waals surface area contributed by atoms with E-state index in [1.807, 2.05) is 0 Å². The summed E-state index contributed by atoms with van der Waals surface area (Å²) in [6.07, 6.45) is -3.87. The topological polar surface area (TPSA) is 62.2 Å². The standard InChI is InChI=1S/C14H11F3N2O2/c15-14(16,17)10-4-5-12(18-8-10)13(21)19-7-9-2-1-3-11(20)6-9/h1-6,8,20H,7H2,(H,19,21). The number of pyridine rings is 1. The van der Waals surface area contributed by atoms with Crippen molar-refractivity contribution in [3.8, 4) is 5.75 Å². The van der Waals surface area contributed by atoms with Gasteiger partial charge >= 0.3 is 6.18 Å². The van der Waals surface area contributed by atoms with E-state index in [2.05, 4.69) is 10.3 Å². The SMILES string of the molecule is O=C(NCc1cccc(O)c1)c1ccc(C(F)(F)F)cn1. The molecule has 0 unspecified atom stereocenters. The highest BCUT2D eigenvalue weighted by atomic mass is 19.4. The molecule has 0 bridgehead atoms. The number of hydrogen-bond acceptors (Lipinski definition) is 3. The third-order valence-corrected chi connectivity index (χ3v) is 2.69. The number of hydrogen-bond donors (Lipinski definition) is 2. The number of benzene rings is 1. The smallest absolute Gasteiger partial charge is 0.417 e. The second-order valence-electron chi connectivity index (χ2n) is 4.28. The molecule has 2 N–H and O–H groups in total. The molecule has 0 saturated carbocycles. The zero-order valence-corrected chi connectivity index (χ0v) is 10.7. The first-order valence-electron chi connectivity index (χ1n) is 5.95. The summed E-state index contributed by atoms with van der Waals surface area (Å²) < 4.78 is 37.1. The number of phenols is 1. The van der Waals surface area contributed by atoms with Crippen molar-refractivity contribution in [3.63, 3.8) is 0 Å². The number of carbonyl (C=O) groups excluding carboxylic acids is 1. The van der Waals surface area contributed by atoms with Crippen molar-refractivity contribution >= 4 is 5.91 Å². The summed E-state index contributed by atoms with van der Waals surface area (Å²) in [6.45, 7) is 0.135. The quantitative estimate of drug-likeness (QED) is 0.915. The lowest BCUT2D eigenvalue weighted by molar-refractivity contribution is -0.137. The predicted molar refractivity (Wildman–Crippen MR) is 68.5 cm³/mol. The van der Waals surface area contributed by atoms with E-state index in [0.717, 1.165) is 12.1 Å². The zero-order chi connectivity index (χ0) is 15.5. The van der Waals surface area contributed by atoms with Crippen molar-refractivity contribution in [2.24, 2.45) is 0 Å². The molecule has 110 valence electrons. The monoisotopic (exact) mass is 296 g/mol. The molecule has 21 heavy (non-hydrogen) atoms. The third-order valence-electron chi connectivity index (χ3n) is 2.69. The first-order valence-corrected chi connectivity index (χ1v) is 5.95. The van der Waals surface area contributed by atoms with Crippen molar-refractivity contribution in [2.75, 3.05) is 0 Å². The van der Waals surface area contributed by atoms with Crippen LogP contribution < -0.4 is 5.32 Å². The fraction of sp³-hybridized carbons (Fsp3) is 0.143. The van der Waals surface area contributed by atoms with Crippen LogP contribution in [-0.2, 0) is 12.7 Å². The van der Waals surface area contributed by atoms with Crippen LogP contribution in [0.5, 0.6) is 5.75 Å². The van der Waals surface area contributed by atoms with E-state index < -0.39 is 17.6 Å². The molecule has 2 aromatic rings. The number of nitrogens with zero attached hydrogens (tertiary/aromatic N) is 1. The van der Waals surface area contributed by atoms with Crippen molar-refractivity contribution in [2.45, 2.75) is 12.7 Å². The second kappa shape index (κ2) is 5.82. The molecule has 0 saturated heterocycles. The van der Waals surface area contributed by atoms with Gasteiger partial charge in [-0.1, -0.05) is 12.1 Å². The number of halogens is 3. The maximum atomic E-state index is 12.4. The number of carbonyl (C=O) groups is 1. The van der Waals surface area contributed by atoms with E-state index in [4.69, 9.17) is 0 Å². The van der Waals surface area contributed by atoms with Gasteiger partial charge in [-0.15, -0.1) is 0 Å². The highest BCUT2D eigenvalue weighted by Crippen LogP contribution is 2.28. The molecular formula is C14H11F3N2O2. The minimum absolute atomic E-state index is 0.0643. The van der Waals surface area contributed by atoms with E-state index >= 15 is 0 Å². The van der Waals surface area contributed by atoms with E-state index in [-0.39, 0.29) is 18.0 Å². The molecule has 0 aliphatic carbocycles. The summed E-state index contributed by atoms with van der Waals surface area (Å²) in [6, 6.07) is 8.09. The summed E-state index contributed by atoms with van der Waals surface area (Å²) in [5.41, 5.74) is -0.356. The van der Waals surface area contributed by atoms with Crippen LogP contribution in [0.2, 0.25) is 0 Å². The van der Waals surface area contributed by atoms with E-state index in [1.165, 1.54) is 12.1 Å². The highest BCUT2D eigenvalue weighted by Gasteiger charge is 2.30. The molecule has 0 fully saturated rings. The maximum Gasteiger partial charge on any atom is 0.417 e. The van der Waals surface area contributed by atoms with Gasteiger partial charge in [-0.25, -0.2) is 0 Å². The van der Waals surface area contributed by atoms with Gasteiger partial charge in [-0.3, -0.25) is 9.78 Å². The van der Waals surface area contributed by atoms with Crippen LogP contribution in [0.25, 0.3) is 0 Å². The highest BCUT2D eigenvalue weighted by molar-refractivity contribution is 5.92. The van der Waals surface area contributed by atoms with Crippen LogP contribution >= 0.6 is 0 Å². The number of phenolic OH excluding ortho intramolecular Hbond substituents is 1. The molecule has 0 atom stereocenters. The molecule has 1 aromatic carbocycles. The summed E-state index contributed by atoms with van der Waals surface area (Å²) in [7, 11) is 0. The van der Waals surface area contributed by atoms with Gasteiger partial charge in [-0.2, -0.15) is 13.2 Å². The van der Waals surface area contributed by atoms with Crippen LogP contribution in [0.3, 0.4) is 0 Å². The van der Waals surface area contributed by atoms with Gasteiger partial charge in [0.25, 0.3) is 5.91 Å². The van der Waals surface area contributed by atoms with Gasteiger partial charge in [-0.05, 0) is 29.8 Å². The Morgan fingerprint density at radius 3 is 2.57 bits per heavy atom. The molecule has 4 nitrogen and oxygen atoms in total. The van der Waals surface area contributed by atoms with Gasteiger partial charge in [0.2, 0.25) is 0 Å². The molecule has 0 spiro atoms. The average molecular weight is 296 g/mol. The second-order valence-corrected chi connectivity index (χ2v) is 4.28. The Bertz CT molecular complexity index is 639. The van der Waals surface area contributed by atoms with Gasteiger partial charge in [0.05, 0.1) is 5.56 Å². The fourth-order valence-corrected chi connectivity index (χ4v) is 1.64. The number of nitrogens with one attached hydrogen (secondary N) is 1. The molecule has 1 heterocycles. The van der Waals surface area contributed by atoms with Crippen LogP contribution in [0, 0.1) is 0 Å². The van der Waals surface area contributed by atoms with Gasteiger partial charge in [0, 0.05) is 12.7 Å². The maximum absolute atomic E-state index is 12.4. The van der Waals surface area contributed by atoms with Crippen LogP contribution in [-0.4, -0.2) is 16.0 Å². The molecule has 7 heteroatoms. The lowest BCUT2D eigenvalue weighted by Crippen LogP contribution is -2.24. The first-order chi connectivity index (χ1) is 9.86. The number of rotatable bonds is 3. The summed E-state index contributed by atoms with van der Waals surface area (Å²) >= 11 is 0. The molecule has 0 radical (unpaired) electrons. The van der Waals surface area contributed by atoms with E-state index in [9.17, 15) is 23.1 Å². The fourth-order valence-electron chi connectivity index (χ4n) is 1.64. The van der Waals surface area contributed by atoms with E-state index in [0.29, 0.717) is 11.8 Å². The van der Waals surface area contributed by atoms with Crippen LogP contribution in [0.1, 0.15) is 21.6 Å². The zero-order valence-electron chi connectivity index (χ0n) is 10.7. The number of amides is 1. The summed E-state index contributed by atoms with van der Waals surface area (Å²) in [4.78, 5) is 15.2. The molecule has 2 rings (SSSR count). The lowest BCUT2D eigenvalue weighted by Gasteiger charge is -2.08. The van der Waals surface area contributed by atoms with Crippen molar-refractivity contribution in [1.82, 2.24) is 10.3 Å². The summed E-state index contributed by atoms with van der Waals surface area (Å²) in [5.74, 6) is -0.526. The van der Waals surface area contributed by atoms with Crippen molar-refractivity contribution in [1.29, 1.82) is 0 Å². The van der Waals surface area contributed by atoms with Gasteiger partial charge in [0.15, 0.2) is 0 Å². The van der Waals surface area contributed by atoms with Gasteiger partial charge < -0.3 is 10.4 Å². The van der Waals surface area contributed by atoms with Crippen LogP contribution in [0.4, 0.5) is 13.2 Å². The Morgan fingerprint density at radius 1 is 1.24 bits per heavy atom. The molecule has 0 aliphatic heterocycles. The predicted octanol–water partition coefficient (Wildman–Crippen LogP) is 2.74. The Hall–Kier alpha value is -2.57. The average Bonchev–Trinajstić information content (AvgIpc) is 2.44. The number of aromatic nitrogens is 1. The molecular weight excluding hydrogens is 285 g/mol. The Morgan fingerprint density at radius 2 is 2.00 bits per heavy atom. The minimum atomic E-state index is -4.48. The largest absolute Gasteiger partial charge is 0.508 e. The first kappa shape index (κ1) is 14.8. The van der Waals surface area contributed by atoms with Crippen molar-refractivity contribution < 1.29 is 23.1 Å². The number of alkyl halides is 3. The Balaban J connectivity index is 2.00. The third kappa shape index (κ3) is 3.95. The minimum Gasteiger partial charge on any atom is -0.508 e. The van der Waals surface area contributed by atoms with Crippen molar-refractivity contribution in [3.05, 3.63) is 59.4 Å². The molecule has 1 aromatic heterocycles. The van der Waals surface area contributed by atoms with E-state index in [1.54, 1.807) is 12.1 Å². The number of aromatic hydroxyl groups is 1. The Kier molecular flexibility index (Phi) is 4.11. The molecule has 0 aliphatic rings.